The topological polar surface area (TPSA) is 47.6 Å². The lowest BCUT2D eigenvalue weighted by Gasteiger charge is -2.14. The van der Waals surface area contributed by atoms with E-state index in [-0.39, 0.29) is 11.8 Å². The van der Waals surface area contributed by atoms with Gasteiger partial charge in [0.1, 0.15) is 0 Å². The van der Waals surface area contributed by atoms with E-state index in [4.69, 9.17) is 9.47 Å². The molecule has 0 aliphatic heterocycles. The Labute approximate surface area is 128 Å². The van der Waals surface area contributed by atoms with Crippen LogP contribution in [-0.4, -0.2) is 20.1 Å². The molecule has 0 radical (unpaired) electrons. The fraction of sp³-hybridized carbons (Fsp3) is 0.533. The standard InChI is InChI=1S/C15H20BrNO3/c1-19-13-8-10(7-12(16)14(13)20-2)9-17-15(18)11-5-3-4-6-11/h7-8,11H,3-6,9H2,1-2H3,(H,17,18). The summed E-state index contributed by atoms with van der Waals surface area (Å²) >= 11 is 3.45. The van der Waals surface area contributed by atoms with Gasteiger partial charge in [-0.1, -0.05) is 12.8 Å². The van der Waals surface area contributed by atoms with Gasteiger partial charge in [0, 0.05) is 12.5 Å². The number of hydrogen-bond acceptors (Lipinski definition) is 3. The molecule has 1 N–H and O–H groups in total. The van der Waals surface area contributed by atoms with E-state index in [2.05, 4.69) is 21.2 Å². The molecule has 1 aliphatic rings. The third-order valence-corrected chi connectivity index (χ3v) is 4.28. The summed E-state index contributed by atoms with van der Waals surface area (Å²) in [5.74, 6) is 1.68. The first-order valence-corrected chi connectivity index (χ1v) is 7.63. The van der Waals surface area contributed by atoms with Crippen LogP contribution in [0.5, 0.6) is 11.5 Å². The highest BCUT2D eigenvalue weighted by atomic mass is 79.9. The summed E-state index contributed by atoms with van der Waals surface area (Å²) in [6.07, 6.45) is 4.36. The van der Waals surface area contributed by atoms with E-state index in [1.165, 1.54) is 12.8 Å². The van der Waals surface area contributed by atoms with Crippen LogP contribution in [0.4, 0.5) is 0 Å². The largest absolute Gasteiger partial charge is 0.493 e. The monoisotopic (exact) mass is 341 g/mol. The van der Waals surface area contributed by atoms with Crippen LogP contribution in [0.3, 0.4) is 0 Å². The molecule has 1 amide bonds. The Hall–Kier alpha value is -1.23. The number of nitrogens with one attached hydrogen (secondary N) is 1. The molecule has 1 fully saturated rings. The molecule has 5 heteroatoms. The van der Waals surface area contributed by atoms with Crippen LogP contribution in [0.2, 0.25) is 0 Å². The fourth-order valence-corrected chi connectivity index (χ4v) is 3.25. The third kappa shape index (κ3) is 3.45. The molecule has 1 aromatic carbocycles. The van der Waals surface area contributed by atoms with Gasteiger partial charge in [-0.05, 0) is 46.5 Å². The van der Waals surface area contributed by atoms with E-state index in [0.29, 0.717) is 18.0 Å². The number of hydrogen-bond donors (Lipinski definition) is 1. The minimum absolute atomic E-state index is 0.161. The summed E-state index contributed by atoms with van der Waals surface area (Å²) < 4.78 is 11.4. The zero-order valence-corrected chi connectivity index (χ0v) is 13.5. The normalized spacial score (nSPS) is 15.2. The maximum Gasteiger partial charge on any atom is 0.223 e. The Morgan fingerprint density at radius 1 is 1.30 bits per heavy atom. The zero-order valence-electron chi connectivity index (χ0n) is 11.9. The molecule has 2 rings (SSSR count). The van der Waals surface area contributed by atoms with Crippen molar-refractivity contribution >= 4 is 21.8 Å². The molecule has 4 nitrogen and oxygen atoms in total. The first-order valence-electron chi connectivity index (χ1n) is 6.83. The van der Waals surface area contributed by atoms with E-state index >= 15 is 0 Å². The summed E-state index contributed by atoms with van der Waals surface area (Å²) in [7, 11) is 3.20. The number of benzene rings is 1. The van der Waals surface area contributed by atoms with Gasteiger partial charge in [0.05, 0.1) is 18.7 Å². The summed E-state index contributed by atoms with van der Waals surface area (Å²) in [5.41, 5.74) is 0.987. The molecular weight excluding hydrogens is 322 g/mol. The lowest BCUT2D eigenvalue weighted by Crippen LogP contribution is -2.28. The van der Waals surface area contributed by atoms with E-state index in [9.17, 15) is 4.79 Å². The Morgan fingerprint density at radius 2 is 2.00 bits per heavy atom. The van der Waals surface area contributed by atoms with E-state index in [1.54, 1.807) is 14.2 Å². The van der Waals surface area contributed by atoms with Crippen molar-refractivity contribution in [3.8, 4) is 11.5 Å². The van der Waals surface area contributed by atoms with Crippen molar-refractivity contribution in [3.63, 3.8) is 0 Å². The van der Waals surface area contributed by atoms with Crippen LogP contribution in [0.1, 0.15) is 31.2 Å². The maximum absolute atomic E-state index is 12.0. The van der Waals surface area contributed by atoms with Crippen LogP contribution in [0.15, 0.2) is 16.6 Å². The molecule has 0 heterocycles. The lowest BCUT2D eigenvalue weighted by atomic mass is 10.1. The third-order valence-electron chi connectivity index (χ3n) is 3.69. The van der Waals surface area contributed by atoms with Crippen molar-refractivity contribution in [1.82, 2.24) is 5.32 Å². The SMILES string of the molecule is COc1cc(CNC(=O)C2CCCC2)cc(Br)c1OC. The van der Waals surface area contributed by atoms with Crippen LogP contribution in [0, 0.1) is 5.92 Å². The van der Waals surface area contributed by atoms with Crippen molar-refractivity contribution in [2.24, 2.45) is 5.92 Å². The number of carbonyl (C=O) groups is 1. The molecule has 110 valence electrons. The van der Waals surface area contributed by atoms with E-state index < -0.39 is 0 Å². The Balaban J connectivity index is 2.02. The quantitative estimate of drug-likeness (QED) is 0.893. The van der Waals surface area contributed by atoms with Crippen LogP contribution in [0.25, 0.3) is 0 Å². The Kier molecular flexibility index (Phi) is 5.29. The molecule has 1 aromatic rings. The average Bonchev–Trinajstić information content (AvgIpc) is 2.98. The molecule has 0 bridgehead atoms. The average molecular weight is 342 g/mol. The van der Waals surface area contributed by atoms with Gasteiger partial charge < -0.3 is 14.8 Å². The van der Waals surface area contributed by atoms with Crippen molar-refractivity contribution in [2.45, 2.75) is 32.2 Å². The smallest absolute Gasteiger partial charge is 0.223 e. The number of halogens is 1. The van der Waals surface area contributed by atoms with Crippen LogP contribution >= 0.6 is 15.9 Å². The highest BCUT2D eigenvalue weighted by Gasteiger charge is 2.22. The second kappa shape index (κ2) is 6.97. The van der Waals surface area contributed by atoms with Crippen molar-refractivity contribution in [2.75, 3.05) is 14.2 Å². The highest BCUT2D eigenvalue weighted by Crippen LogP contribution is 2.36. The van der Waals surface area contributed by atoms with E-state index in [1.807, 2.05) is 12.1 Å². The molecule has 1 aliphatic carbocycles. The number of carbonyl (C=O) groups excluding carboxylic acids is 1. The molecule has 20 heavy (non-hydrogen) atoms. The summed E-state index contributed by atoms with van der Waals surface area (Å²) in [6.45, 7) is 0.508. The van der Waals surface area contributed by atoms with E-state index in [0.717, 1.165) is 22.9 Å². The van der Waals surface area contributed by atoms with Gasteiger partial charge in [-0.15, -0.1) is 0 Å². The molecule has 0 atom stereocenters. The number of amides is 1. The van der Waals surface area contributed by atoms with Crippen LogP contribution < -0.4 is 14.8 Å². The first-order chi connectivity index (χ1) is 9.65. The van der Waals surface area contributed by atoms with Gasteiger partial charge in [-0.25, -0.2) is 0 Å². The van der Waals surface area contributed by atoms with Gasteiger partial charge >= 0.3 is 0 Å². The first kappa shape index (κ1) is 15.2. The summed E-state index contributed by atoms with van der Waals surface area (Å²) in [4.78, 5) is 12.0. The number of methoxy groups -OCH3 is 2. The minimum atomic E-state index is 0.161. The van der Waals surface area contributed by atoms with Gasteiger partial charge in [-0.3, -0.25) is 4.79 Å². The summed E-state index contributed by atoms with van der Waals surface area (Å²) in [5, 5.41) is 3.00. The second-order valence-corrected chi connectivity index (χ2v) is 5.87. The van der Waals surface area contributed by atoms with Crippen molar-refractivity contribution in [3.05, 3.63) is 22.2 Å². The maximum atomic E-state index is 12.0. The fourth-order valence-electron chi connectivity index (χ4n) is 2.59. The summed E-state index contributed by atoms with van der Waals surface area (Å²) in [6, 6.07) is 3.83. The highest BCUT2D eigenvalue weighted by molar-refractivity contribution is 9.10. The molecular formula is C15H20BrNO3. The molecule has 0 saturated heterocycles. The molecule has 0 aromatic heterocycles. The van der Waals surface area contributed by atoms with Gasteiger partial charge in [0.15, 0.2) is 11.5 Å². The lowest BCUT2D eigenvalue weighted by molar-refractivity contribution is -0.124. The predicted molar refractivity (Wildman–Crippen MR) is 81.1 cm³/mol. The van der Waals surface area contributed by atoms with Gasteiger partial charge in [-0.2, -0.15) is 0 Å². The van der Waals surface area contributed by atoms with Crippen LogP contribution in [-0.2, 0) is 11.3 Å². The number of rotatable bonds is 5. The molecule has 0 unspecified atom stereocenters. The van der Waals surface area contributed by atoms with Gasteiger partial charge in [0.2, 0.25) is 5.91 Å². The van der Waals surface area contributed by atoms with Gasteiger partial charge in [0.25, 0.3) is 0 Å². The molecule has 0 spiro atoms. The second-order valence-electron chi connectivity index (χ2n) is 5.01. The molecule has 1 saturated carbocycles. The number of ether oxygens (including phenoxy) is 2. The minimum Gasteiger partial charge on any atom is -0.493 e. The Bertz CT molecular complexity index is 484. The predicted octanol–water partition coefficient (Wildman–Crippen LogP) is 3.27. The zero-order chi connectivity index (χ0) is 14.5. The van der Waals surface area contributed by atoms with Crippen molar-refractivity contribution < 1.29 is 14.3 Å². The van der Waals surface area contributed by atoms with Crippen molar-refractivity contribution in [1.29, 1.82) is 0 Å². The Morgan fingerprint density at radius 3 is 2.60 bits per heavy atom.